The highest BCUT2D eigenvalue weighted by atomic mass is 16.5. The van der Waals surface area contributed by atoms with Crippen molar-refractivity contribution in [1.29, 1.82) is 0 Å². The van der Waals surface area contributed by atoms with E-state index in [1.54, 1.807) is 6.33 Å². The van der Waals surface area contributed by atoms with Gasteiger partial charge in [0, 0.05) is 13.7 Å². The summed E-state index contributed by atoms with van der Waals surface area (Å²) in [7, 11) is 1.46. The predicted octanol–water partition coefficient (Wildman–Crippen LogP) is 4.58. The van der Waals surface area contributed by atoms with Gasteiger partial charge in [-0.2, -0.15) is 0 Å². The number of carbonyl (C=O) groups is 2. The average molecular weight is 527 g/mol. The fourth-order valence-electron chi connectivity index (χ4n) is 5.10. The van der Waals surface area contributed by atoms with E-state index < -0.39 is 6.04 Å². The average Bonchev–Trinajstić information content (AvgIpc) is 3.73. The van der Waals surface area contributed by atoms with Crippen LogP contribution in [-0.4, -0.2) is 63.0 Å². The summed E-state index contributed by atoms with van der Waals surface area (Å²) in [5, 5.41) is 2.84. The molecule has 2 atom stereocenters. The van der Waals surface area contributed by atoms with Crippen LogP contribution in [0.3, 0.4) is 0 Å². The molecule has 0 bridgehead atoms. The van der Waals surface area contributed by atoms with E-state index in [1.165, 1.54) is 7.11 Å². The first-order valence-electron chi connectivity index (χ1n) is 13.3. The monoisotopic (exact) mass is 526 g/mol. The standard InChI is InChI=1S/C30H34N6O3/c1-19(2)28(35-27(37)17-39-3)30(38)36-14-4-5-26(36)29-32-16-25(34-29)23-12-8-21(9-13-23)20-6-10-22(11-7-20)24-15-31-18-33-24/h6-13,15-16,18-19,26,28H,4-5,14,17H2,1-3H3,(H,31,33)(H,32,34)(H,35,37)/t26?,28-/m0/s1. The Kier molecular flexibility index (Phi) is 7.88. The van der Waals surface area contributed by atoms with Gasteiger partial charge in [-0.25, -0.2) is 9.97 Å². The Labute approximate surface area is 228 Å². The van der Waals surface area contributed by atoms with Crippen molar-refractivity contribution in [3.05, 3.63) is 73.1 Å². The number of nitrogens with one attached hydrogen (secondary N) is 3. The molecule has 1 saturated heterocycles. The minimum Gasteiger partial charge on any atom is -0.375 e. The molecule has 0 aliphatic carbocycles. The third-order valence-electron chi connectivity index (χ3n) is 7.19. The second kappa shape index (κ2) is 11.7. The van der Waals surface area contributed by atoms with Gasteiger partial charge in [-0.3, -0.25) is 9.59 Å². The number of nitrogens with zero attached hydrogens (tertiary/aromatic N) is 3. The van der Waals surface area contributed by atoms with Gasteiger partial charge in [0.15, 0.2) is 0 Å². The molecule has 1 fully saturated rings. The molecule has 5 rings (SSSR count). The second-order valence-corrected chi connectivity index (χ2v) is 10.2. The predicted molar refractivity (Wildman–Crippen MR) is 149 cm³/mol. The molecule has 202 valence electrons. The van der Waals surface area contributed by atoms with Crippen molar-refractivity contribution in [1.82, 2.24) is 30.2 Å². The van der Waals surface area contributed by atoms with Gasteiger partial charge in [0.2, 0.25) is 11.8 Å². The van der Waals surface area contributed by atoms with Crippen molar-refractivity contribution in [3.8, 4) is 33.6 Å². The summed E-state index contributed by atoms with van der Waals surface area (Å²) in [5.41, 5.74) is 6.26. The Balaban J connectivity index is 1.29. The number of methoxy groups -OCH3 is 1. The normalized spacial score (nSPS) is 16.0. The first-order valence-corrected chi connectivity index (χ1v) is 13.3. The second-order valence-electron chi connectivity index (χ2n) is 10.2. The van der Waals surface area contributed by atoms with Gasteiger partial charge in [-0.1, -0.05) is 62.4 Å². The molecule has 2 aromatic carbocycles. The van der Waals surface area contributed by atoms with Crippen LogP contribution in [0.1, 0.15) is 38.6 Å². The molecule has 2 aromatic heterocycles. The van der Waals surface area contributed by atoms with Crippen LogP contribution in [0.2, 0.25) is 0 Å². The number of ether oxygens (including phenoxy) is 1. The third kappa shape index (κ3) is 5.78. The van der Waals surface area contributed by atoms with Gasteiger partial charge in [0.05, 0.1) is 36.2 Å². The summed E-state index contributed by atoms with van der Waals surface area (Å²) in [6, 6.07) is 16.0. The molecule has 3 heterocycles. The van der Waals surface area contributed by atoms with Crippen molar-refractivity contribution in [2.24, 2.45) is 5.92 Å². The lowest BCUT2D eigenvalue weighted by atomic mass is 10.0. The van der Waals surface area contributed by atoms with Crippen LogP contribution < -0.4 is 5.32 Å². The number of hydrogen-bond donors (Lipinski definition) is 3. The molecule has 39 heavy (non-hydrogen) atoms. The number of carbonyl (C=O) groups excluding carboxylic acids is 2. The van der Waals surface area contributed by atoms with E-state index in [2.05, 4.69) is 73.8 Å². The summed E-state index contributed by atoms with van der Waals surface area (Å²) < 4.78 is 4.92. The summed E-state index contributed by atoms with van der Waals surface area (Å²) in [6.45, 7) is 4.43. The van der Waals surface area contributed by atoms with E-state index in [9.17, 15) is 9.59 Å². The molecule has 4 aromatic rings. The smallest absolute Gasteiger partial charge is 0.246 e. The Morgan fingerprint density at radius 1 is 1.00 bits per heavy atom. The molecule has 9 heteroatoms. The largest absolute Gasteiger partial charge is 0.375 e. The maximum absolute atomic E-state index is 13.5. The quantitative estimate of drug-likeness (QED) is 0.295. The van der Waals surface area contributed by atoms with E-state index in [1.807, 2.05) is 31.1 Å². The van der Waals surface area contributed by atoms with E-state index in [0.29, 0.717) is 6.54 Å². The Hall–Kier alpha value is -4.24. The lowest BCUT2D eigenvalue weighted by Gasteiger charge is -2.30. The van der Waals surface area contributed by atoms with E-state index in [-0.39, 0.29) is 30.4 Å². The number of H-pyrrole nitrogens is 2. The molecule has 9 nitrogen and oxygen atoms in total. The summed E-state index contributed by atoms with van der Waals surface area (Å²) >= 11 is 0. The first-order chi connectivity index (χ1) is 18.9. The zero-order chi connectivity index (χ0) is 27.4. The molecule has 0 radical (unpaired) electrons. The maximum atomic E-state index is 13.5. The van der Waals surface area contributed by atoms with Crippen LogP contribution in [0.4, 0.5) is 0 Å². The van der Waals surface area contributed by atoms with Crippen molar-refractivity contribution in [3.63, 3.8) is 0 Å². The van der Waals surface area contributed by atoms with Crippen LogP contribution >= 0.6 is 0 Å². The van der Waals surface area contributed by atoms with E-state index >= 15 is 0 Å². The molecule has 3 N–H and O–H groups in total. The van der Waals surface area contributed by atoms with E-state index in [0.717, 1.165) is 52.3 Å². The van der Waals surface area contributed by atoms with Gasteiger partial charge < -0.3 is 24.9 Å². The lowest BCUT2D eigenvalue weighted by molar-refractivity contribution is -0.139. The number of amides is 2. The number of aromatic amines is 2. The van der Waals surface area contributed by atoms with Crippen molar-refractivity contribution >= 4 is 11.8 Å². The van der Waals surface area contributed by atoms with E-state index in [4.69, 9.17) is 4.74 Å². The number of rotatable bonds is 9. The summed E-state index contributed by atoms with van der Waals surface area (Å²) in [6.07, 6.45) is 7.02. The number of likely N-dealkylation sites (tertiary alicyclic amines) is 1. The van der Waals surface area contributed by atoms with Gasteiger partial charge >= 0.3 is 0 Å². The third-order valence-corrected chi connectivity index (χ3v) is 7.19. The number of hydrogen-bond acceptors (Lipinski definition) is 5. The molecular weight excluding hydrogens is 492 g/mol. The Morgan fingerprint density at radius 2 is 1.64 bits per heavy atom. The summed E-state index contributed by atoms with van der Waals surface area (Å²) in [5.74, 6) is 0.336. The highest BCUT2D eigenvalue weighted by Crippen LogP contribution is 2.33. The van der Waals surface area contributed by atoms with Crippen LogP contribution in [-0.2, 0) is 14.3 Å². The minimum atomic E-state index is -0.608. The number of imidazole rings is 2. The van der Waals surface area contributed by atoms with Crippen LogP contribution in [0.25, 0.3) is 33.6 Å². The van der Waals surface area contributed by atoms with Crippen molar-refractivity contribution < 1.29 is 14.3 Å². The zero-order valence-electron chi connectivity index (χ0n) is 22.5. The van der Waals surface area contributed by atoms with Crippen molar-refractivity contribution in [2.75, 3.05) is 20.3 Å². The van der Waals surface area contributed by atoms with Crippen LogP contribution in [0.15, 0.2) is 67.3 Å². The molecule has 2 amide bonds. The highest BCUT2D eigenvalue weighted by Gasteiger charge is 2.37. The first kappa shape index (κ1) is 26.4. The van der Waals surface area contributed by atoms with Crippen LogP contribution in [0.5, 0.6) is 0 Å². The molecule has 0 spiro atoms. The molecule has 1 unspecified atom stereocenters. The Morgan fingerprint density at radius 3 is 2.23 bits per heavy atom. The molecular formula is C30H34N6O3. The molecule has 1 aliphatic heterocycles. The minimum absolute atomic E-state index is 0.0492. The maximum Gasteiger partial charge on any atom is 0.246 e. The van der Waals surface area contributed by atoms with Crippen LogP contribution in [0, 0.1) is 5.92 Å². The fraction of sp³-hybridized carbons (Fsp3) is 0.333. The fourth-order valence-corrected chi connectivity index (χ4v) is 5.10. The lowest BCUT2D eigenvalue weighted by Crippen LogP contribution is -2.51. The summed E-state index contributed by atoms with van der Waals surface area (Å²) in [4.78, 5) is 42.8. The SMILES string of the molecule is COCC(=O)N[C@H](C(=O)N1CCCC1c1ncc(-c2ccc(-c3ccc(-c4cnc[nH]4)cc3)cc2)[nH]1)C(C)C. The molecule has 1 aliphatic rings. The van der Waals surface area contributed by atoms with Gasteiger partial charge in [0.25, 0.3) is 0 Å². The van der Waals surface area contributed by atoms with Crippen molar-refractivity contribution in [2.45, 2.75) is 38.8 Å². The Bertz CT molecular complexity index is 1390. The molecule has 0 saturated carbocycles. The zero-order valence-corrected chi connectivity index (χ0v) is 22.5. The topological polar surface area (TPSA) is 116 Å². The van der Waals surface area contributed by atoms with Gasteiger partial charge in [-0.05, 0) is 41.0 Å². The van der Waals surface area contributed by atoms with Gasteiger partial charge in [0.1, 0.15) is 18.5 Å². The highest BCUT2D eigenvalue weighted by molar-refractivity contribution is 5.88. The number of aromatic nitrogens is 4. The number of benzene rings is 2. The van der Waals surface area contributed by atoms with Gasteiger partial charge in [-0.15, -0.1) is 0 Å².